The van der Waals surface area contributed by atoms with Gasteiger partial charge >= 0.3 is 0 Å². The van der Waals surface area contributed by atoms with Gasteiger partial charge < -0.3 is 10.7 Å². The number of rotatable bonds is 1. The van der Waals surface area contributed by atoms with E-state index in [0.29, 0.717) is 0 Å². The quantitative estimate of drug-likeness (QED) is 0.590. The van der Waals surface area contributed by atoms with Crippen molar-refractivity contribution < 1.29 is 0 Å². The molecule has 0 fully saturated rings. The Hall–Kier alpha value is -1.09. The molecule has 0 aromatic carbocycles. The Morgan fingerprint density at radius 1 is 1.60 bits per heavy atom. The van der Waals surface area contributed by atoms with Crippen molar-refractivity contribution in [2.24, 2.45) is 5.73 Å². The summed E-state index contributed by atoms with van der Waals surface area (Å²) in [6.45, 7) is 1.82. The lowest BCUT2D eigenvalue weighted by molar-refractivity contribution is 0.776. The van der Waals surface area contributed by atoms with Gasteiger partial charge in [0.1, 0.15) is 0 Å². The molecule has 0 bridgehead atoms. The van der Waals surface area contributed by atoms with Gasteiger partial charge in [-0.05, 0) is 13.0 Å². The van der Waals surface area contributed by atoms with E-state index in [0.717, 1.165) is 5.69 Å². The molecule has 1 atom stereocenters. The zero-order chi connectivity index (χ0) is 7.56. The fraction of sp³-hybridized carbons (Fsp3) is 0.286. The summed E-state index contributed by atoms with van der Waals surface area (Å²) in [6, 6.07) is 4.85. The van der Waals surface area contributed by atoms with Gasteiger partial charge in [-0.1, -0.05) is 6.07 Å². The van der Waals surface area contributed by atoms with Gasteiger partial charge in [-0.2, -0.15) is 0 Å². The maximum absolute atomic E-state index is 10.7. The summed E-state index contributed by atoms with van der Waals surface area (Å²) in [6.07, 6.45) is 0. The molecule has 1 aromatic heterocycles. The van der Waals surface area contributed by atoms with E-state index >= 15 is 0 Å². The maximum atomic E-state index is 10.7. The fourth-order valence-electron chi connectivity index (χ4n) is 0.730. The van der Waals surface area contributed by atoms with Gasteiger partial charge in [-0.3, -0.25) is 4.79 Å². The van der Waals surface area contributed by atoms with Crippen LogP contribution in [-0.2, 0) is 0 Å². The molecular formula is C7H10N2O. The molecule has 0 aliphatic rings. The Bertz CT molecular complexity index is 264. The number of hydrogen-bond acceptors (Lipinski definition) is 2. The average Bonchev–Trinajstić information content (AvgIpc) is 1.88. The van der Waals surface area contributed by atoms with Gasteiger partial charge in [-0.15, -0.1) is 0 Å². The Morgan fingerprint density at radius 2 is 2.30 bits per heavy atom. The second-order valence-corrected chi connectivity index (χ2v) is 2.26. The van der Waals surface area contributed by atoms with Crippen molar-refractivity contribution in [1.82, 2.24) is 4.98 Å². The van der Waals surface area contributed by atoms with Gasteiger partial charge in [0.05, 0.1) is 0 Å². The maximum Gasteiger partial charge on any atom is 0.248 e. The van der Waals surface area contributed by atoms with Crippen LogP contribution >= 0.6 is 0 Å². The molecule has 0 unspecified atom stereocenters. The molecule has 0 spiro atoms. The molecule has 3 heteroatoms. The van der Waals surface area contributed by atoms with E-state index in [2.05, 4.69) is 4.98 Å². The summed E-state index contributed by atoms with van der Waals surface area (Å²) >= 11 is 0. The number of pyridine rings is 1. The highest BCUT2D eigenvalue weighted by molar-refractivity contribution is 5.06. The van der Waals surface area contributed by atoms with Crippen molar-refractivity contribution in [2.45, 2.75) is 13.0 Å². The van der Waals surface area contributed by atoms with Crippen molar-refractivity contribution >= 4 is 0 Å². The SMILES string of the molecule is C[C@@H](N)c1cccc(=O)[nH]1. The molecule has 0 radical (unpaired) electrons. The van der Waals surface area contributed by atoms with Crippen molar-refractivity contribution in [3.05, 3.63) is 34.2 Å². The number of aromatic nitrogens is 1. The number of nitrogens with one attached hydrogen (secondary N) is 1. The first-order valence-corrected chi connectivity index (χ1v) is 3.15. The summed E-state index contributed by atoms with van der Waals surface area (Å²) in [5, 5.41) is 0. The van der Waals surface area contributed by atoms with Crippen LogP contribution in [0.25, 0.3) is 0 Å². The van der Waals surface area contributed by atoms with Gasteiger partial charge in [0.2, 0.25) is 5.56 Å². The van der Waals surface area contributed by atoms with Crippen molar-refractivity contribution in [2.75, 3.05) is 0 Å². The topological polar surface area (TPSA) is 58.9 Å². The highest BCUT2D eigenvalue weighted by Crippen LogP contribution is 2.00. The van der Waals surface area contributed by atoms with E-state index in [-0.39, 0.29) is 11.6 Å². The predicted molar refractivity (Wildman–Crippen MR) is 39.7 cm³/mol. The van der Waals surface area contributed by atoms with Crippen LogP contribution in [0.5, 0.6) is 0 Å². The minimum absolute atomic E-state index is 0.102. The number of aromatic amines is 1. The summed E-state index contributed by atoms with van der Waals surface area (Å²) in [7, 11) is 0. The summed E-state index contributed by atoms with van der Waals surface area (Å²) in [5.41, 5.74) is 6.18. The predicted octanol–water partition coefficient (Wildman–Crippen LogP) is 0.395. The first-order valence-electron chi connectivity index (χ1n) is 3.15. The Morgan fingerprint density at radius 3 is 2.70 bits per heavy atom. The highest BCUT2D eigenvalue weighted by atomic mass is 16.1. The van der Waals surface area contributed by atoms with Gasteiger partial charge in [-0.25, -0.2) is 0 Å². The number of hydrogen-bond donors (Lipinski definition) is 2. The van der Waals surface area contributed by atoms with Gasteiger partial charge in [0.25, 0.3) is 0 Å². The third-order valence-corrected chi connectivity index (χ3v) is 1.28. The van der Waals surface area contributed by atoms with Gasteiger partial charge in [0.15, 0.2) is 0 Å². The fourth-order valence-corrected chi connectivity index (χ4v) is 0.730. The molecule has 54 valence electrons. The molecule has 3 nitrogen and oxygen atoms in total. The van der Waals surface area contributed by atoms with Gasteiger partial charge in [0, 0.05) is 17.8 Å². The minimum atomic E-state index is -0.103. The summed E-state index contributed by atoms with van der Waals surface area (Å²) < 4.78 is 0. The molecule has 0 saturated heterocycles. The number of H-pyrrole nitrogens is 1. The smallest absolute Gasteiger partial charge is 0.248 e. The second kappa shape index (κ2) is 2.66. The Kier molecular flexibility index (Phi) is 1.87. The van der Waals surface area contributed by atoms with Crippen LogP contribution in [0.3, 0.4) is 0 Å². The van der Waals surface area contributed by atoms with Crippen LogP contribution < -0.4 is 11.3 Å². The van der Waals surface area contributed by atoms with Crippen molar-refractivity contribution in [1.29, 1.82) is 0 Å². The number of nitrogens with two attached hydrogens (primary N) is 1. The molecule has 0 amide bonds. The third kappa shape index (κ3) is 1.45. The molecule has 0 aliphatic heterocycles. The lowest BCUT2D eigenvalue weighted by atomic mass is 10.2. The van der Waals surface area contributed by atoms with E-state index in [4.69, 9.17) is 5.73 Å². The van der Waals surface area contributed by atoms with E-state index in [1.807, 2.05) is 6.92 Å². The standard InChI is InChI=1S/C7H10N2O/c1-5(8)6-3-2-4-7(10)9-6/h2-5H,8H2,1H3,(H,9,10)/t5-/m1/s1. The lowest BCUT2D eigenvalue weighted by Crippen LogP contribution is -2.13. The van der Waals surface area contributed by atoms with Crippen LogP contribution in [0.2, 0.25) is 0 Å². The van der Waals surface area contributed by atoms with Crippen LogP contribution in [-0.4, -0.2) is 4.98 Å². The van der Waals surface area contributed by atoms with E-state index < -0.39 is 0 Å². The first kappa shape index (κ1) is 7.02. The highest BCUT2D eigenvalue weighted by Gasteiger charge is 1.96. The first-order chi connectivity index (χ1) is 4.70. The Labute approximate surface area is 58.9 Å². The van der Waals surface area contributed by atoms with Crippen LogP contribution in [0.4, 0.5) is 0 Å². The molecule has 1 rings (SSSR count). The monoisotopic (exact) mass is 138 g/mol. The zero-order valence-corrected chi connectivity index (χ0v) is 5.79. The minimum Gasteiger partial charge on any atom is -0.325 e. The normalized spacial score (nSPS) is 13.0. The lowest BCUT2D eigenvalue weighted by Gasteiger charge is -2.02. The molecule has 3 N–H and O–H groups in total. The largest absolute Gasteiger partial charge is 0.325 e. The van der Waals surface area contributed by atoms with E-state index in [1.165, 1.54) is 6.07 Å². The summed E-state index contributed by atoms with van der Waals surface area (Å²) in [4.78, 5) is 13.3. The van der Waals surface area contributed by atoms with E-state index in [1.54, 1.807) is 12.1 Å². The average molecular weight is 138 g/mol. The third-order valence-electron chi connectivity index (χ3n) is 1.28. The molecule has 10 heavy (non-hydrogen) atoms. The van der Waals surface area contributed by atoms with Crippen LogP contribution in [0, 0.1) is 0 Å². The van der Waals surface area contributed by atoms with Crippen LogP contribution in [0.1, 0.15) is 18.7 Å². The van der Waals surface area contributed by atoms with Crippen molar-refractivity contribution in [3.8, 4) is 0 Å². The molecular weight excluding hydrogens is 128 g/mol. The Balaban J connectivity index is 3.07. The molecule has 0 aliphatic carbocycles. The van der Waals surface area contributed by atoms with E-state index in [9.17, 15) is 4.79 Å². The van der Waals surface area contributed by atoms with Crippen molar-refractivity contribution in [3.63, 3.8) is 0 Å². The molecule has 0 saturated carbocycles. The summed E-state index contributed by atoms with van der Waals surface area (Å²) in [5.74, 6) is 0. The zero-order valence-electron chi connectivity index (χ0n) is 5.79. The van der Waals surface area contributed by atoms with Crippen LogP contribution in [0.15, 0.2) is 23.0 Å². The second-order valence-electron chi connectivity index (χ2n) is 2.26. The molecule has 1 heterocycles. The molecule has 1 aromatic rings.